The van der Waals surface area contributed by atoms with Gasteiger partial charge in [0.2, 0.25) is 0 Å². The third-order valence-corrected chi connectivity index (χ3v) is 4.56. The van der Waals surface area contributed by atoms with E-state index in [-0.39, 0.29) is 0 Å². The minimum absolute atomic E-state index is 0.416. The minimum atomic E-state index is 0.416. The fourth-order valence-electron chi connectivity index (χ4n) is 3.18. The zero-order chi connectivity index (χ0) is 14.5. The molecule has 1 atom stereocenters. The lowest BCUT2D eigenvalue weighted by Gasteiger charge is -2.17. The Labute approximate surface area is 128 Å². The maximum absolute atomic E-state index is 3.67. The van der Waals surface area contributed by atoms with Crippen LogP contribution in [0.1, 0.15) is 50.6 Å². The molecule has 0 aromatic heterocycles. The largest absolute Gasteiger partial charge is 0.310 e. The van der Waals surface area contributed by atoms with E-state index in [2.05, 4.69) is 60.8 Å². The molecule has 0 amide bonds. The van der Waals surface area contributed by atoms with Crippen molar-refractivity contribution in [3.63, 3.8) is 0 Å². The molecule has 0 aliphatic heterocycles. The molecular formula is C20H25N. The average Bonchev–Trinajstić information content (AvgIpc) is 2.55. The Bertz CT molecular complexity index is 627. The van der Waals surface area contributed by atoms with E-state index in [4.69, 9.17) is 0 Å². The number of rotatable bonds is 5. The Morgan fingerprint density at radius 2 is 1.90 bits per heavy atom. The monoisotopic (exact) mass is 279 g/mol. The van der Waals surface area contributed by atoms with Crippen LogP contribution >= 0.6 is 0 Å². The first-order valence-corrected chi connectivity index (χ1v) is 8.23. The number of allylic oxidation sites excluding steroid dienone is 1. The Kier molecular flexibility index (Phi) is 4.72. The quantitative estimate of drug-likeness (QED) is 0.724. The average molecular weight is 279 g/mol. The molecule has 110 valence electrons. The fourth-order valence-corrected chi connectivity index (χ4v) is 3.18. The van der Waals surface area contributed by atoms with E-state index in [1.807, 2.05) is 0 Å². The third-order valence-electron chi connectivity index (χ3n) is 4.56. The first-order valence-electron chi connectivity index (χ1n) is 8.23. The Hall–Kier alpha value is -1.60. The van der Waals surface area contributed by atoms with Crippen molar-refractivity contribution in [3.05, 3.63) is 59.7 Å². The molecular weight excluding hydrogens is 254 g/mol. The van der Waals surface area contributed by atoms with Gasteiger partial charge in [-0.25, -0.2) is 0 Å². The van der Waals surface area contributed by atoms with Gasteiger partial charge < -0.3 is 5.32 Å². The van der Waals surface area contributed by atoms with E-state index in [9.17, 15) is 0 Å². The molecule has 1 N–H and O–H groups in total. The van der Waals surface area contributed by atoms with Crippen LogP contribution in [0.4, 0.5) is 0 Å². The Morgan fingerprint density at radius 1 is 1.05 bits per heavy atom. The summed E-state index contributed by atoms with van der Waals surface area (Å²) in [6.07, 6.45) is 9.02. The SMILES string of the molecule is CC(NCCC1=CCCCC1)c1ccc2ccccc2c1. The van der Waals surface area contributed by atoms with Gasteiger partial charge in [-0.15, -0.1) is 0 Å². The highest BCUT2D eigenvalue weighted by atomic mass is 14.9. The highest BCUT2D eigenvalue weighted by Crippen LogP contribution is 2.22. The molecule has 3 rings (SSSR count). The van der Waals surface area contributed by atoms with Gasteiger partial charge in [0.1, 0.15) is 0 Å². The normalized spacial score (nSPS) is 16.7. The van der Waals surface area contributed by atoms with Crippen LogP contribution in [0.5, 0.6) is 0 Å². The van der Waals surface area contributed by atoms with Crippen LogP contribution in [-0.4, -0.2) is 6.54 Å². The summed E-state index contributed by atoms with van der Waals surface area (Å²) in [6, 6.07) is 15.8. The van der Waals surface area contributed by atoms with Crippen LogP contribution in [0.2, 0.25) is 0 Å². The van der Waals surface area contributed by atoms with E-state index in [0.717, 1.165) is 6.54 Å². The zero-order valence-electron chi connectivity index (χ0n) is 12.9. The van der Waals surface area contributed by atoms with Gasteiger partial charge >= 0.3 is 0 Å². The minimum Gasteiger partial charge on any atom is -0.310 e. The van der Waals surface area contributed by atoms with Gasteiger partial charge in [0.15, 0.2) is 0 Å². The summed E-state index contributed by atoms with van der Waals surface area (Å²) in [6.45, 7) is 3.35. The van der Waals surface area contributed by atoms with E-state index in [1.165, 1.54) is 48.4 Å². The second kappa shape index (κ2) is 6.91. The van der Waals surface area contributed by atoms with Crippen molar-refractivity contribution >= 4 is 10.8 Å². The lowest BCUT2D eigenvalue weighted by molar-refractivity contribution is 0.563. The number of hydrogen-bond donors (Lipinski definition) is 1. The number of benzene rings is 2. The zero-order valence-corrected chi connectivity index (χ0v) is 12.9. The van der Waals surface area contributed by atoms with Crippen LogP contribution in [0.15, 0.2) is 54.1 Å². The van der Waals surface area contributed by atoms with E-state index in [1.54, 1.807) is 5.57 Å². The van der Waals surface area contributed by atoms with Crippen LogP contribution in [0, 0.1) is 0 Å². The topological polar surface area (TPSA) is 12.0 Å². The second-order valence-electron chi connectivity index (χ2n) is 6.14. The van der Waals surface area contributed by atoms with Gasteiger partial charge in [0.25, 0.3) is 0 Å². The van der Waals surface area contributed by atoms with Gasteiger partial charge in [-0.3, -0.25) is 0 Å². The summed E-state index contributed by atoms with van der Waals surface area (Å²) in [7, 11) is 0. The first kappa shape index (κ1) is 14.3. The molecule has 1 unspecified atom stereocenters. The second-order valence-corrected chi connectivity index (χ2v) is 6.14. The van der Waals surface area contributed by atoms with Crippen LogP contribution < -0.4 is 5.32 Å². The molecule has 2 aromatic carbocycles. The Balaban J connectivity index is 1.58. The van der Waals surface area contributed by atoms with Crippen LogP contribution in [0.25, 0.3) is 10.8 Å². The van der Waals surface area contributed by atoms with Crippen molar-refractivity contribution in [2.45, 2.75) is 45.1 Å². The Morgan fingerprint density at radius 3 is 2.71 bits per heavy atom. The molecule has 1 aliphatic carbocycles. The molecule has 0 saturated heterocycles. The lowest BCUT2D eigenvalue weighted by atomic mass is 9.97. The van der Waals surface area contributed by atoms with Crippen LogP contribution in [0.3, 0.4) is 0 Å². The van der Waals surface area contributed by atoms with E-state index in [0.29, 0.717) is 6.04 Å². The maximum Gasteiger partial charge on any atom is 0.0292 e. The van der Waals surface area contributed by atoms with Crippen molar-refractivity contribution in [1.29, 1.82) is 0 Å². The van der Waals surface area contributed by atoms with Gasteiger partial charge in [-0.2, -0.15) is 0 Å². The summed E-state index contributed by atoms with van der Waals surface area (Å²) < 4.78 is 0. The molecule has 1 nitrogen and oxygen atoms in total. The lowest BCUT2D eigenvalue weighted by Crippen LogP contribution is -2.20. The molecule has 0 radical (unpaired) electrons. The van der Waals surface area contributed by atoms with Crippen molar-refractivity contribution in [1.82, 2.24) is 5.32 Å². The van der Waals surface area contributed by atoms with Crippen molar-refractivity contribution in [3.8, 4) is 0 Å². The summed E-state index contributed by atoms with van der Waals surface area (Å²) >= 11 is 0. The predicted octanol–water partition coefficient (Wildman–Crippen LogP) is 5.38. The van der Waals surface area contributed by atoms with E-state index >= 15 is 0 Å². The highest BCUT2D eigenvalue weighted by molar-refractivity contribution is 5.83. The number of hydrogen-bond acceptors (Lipinski definition) is 1. The molecule has 2 aromatic rings. The summed E-state index contributed by atoms with van der Waals surface area (Å²) in [5.74, 6) is 0. The molecule has 1 heteroatoms. The smallest absolute Gasteiger partial charge is 0.0292 e. The maximum atomic E-state index is 3.67. The van der Waals surface area contributed by atoms with E-state index < -0.39 is 0 Å². The summed E-state index contributed by atoms with van der Waals surface area (Å²) in [4.78, 5) is 0. The molecule has 0 spiro atoms. The number of fused-ring (bicyclic) bond motifs is 1. The van der Waals surface area contributed by atoms with Crippen molar-refractivity contribution < 1.29 is 0 Å². The van der Waals surface area contributed by atoms with Gasteiger partial charge in [-0.05, 0) is 68.0 Å². The standard InChI is InChI=1S/C20H25N/c1-16(21-14-13-17-7-3-2-4-8-17)19-12-11-18-9-5-6-10-20(18)15-19/h5-7,9-12,15-16,21H,2-4,8,13-14H2,1H3. The number of nitrogens with one attached hydrogen (secondary N) is 1. The molecule has 0 bridgehead atoms. The van der Waals surface area contributed by atoms with Crippen molar-refractivity contribution in [2.75, 3.05) is 6.54 Å². The van der Waals surface area contributed by atoms with Gasteiger partial charge in [0.05, 0.1) is 0 Å². The molecule has 0 fully saturated rings. The van der Waals surface area contributed by atoms with Gasteiger partial charge in [0, 0.05) is 6.04 Å². The highest BCUT2D eigenvalue weighted by Gasteiger charge is 2.07. The predicted molar refractivity (Wildman–Crippen MR) is 91.5 cm³/mol. The van der Waals surface area contributed by atoms with Crippen molar-refractivity contribution in [2.24, 2.45) is 0 Å². The third kappa shape index (κ3) is 3.74. The fraction of sp³-hybridized carbons (Fsp3) is 0.400. The molecule has 0 saturated carbocycles. The first-order chi connectivity index (χ1) is 10.3. The summed E-state index contributed by atoms with van der Waals surface area (Å²) in [5.41, 5.74) is 3.03. The van der Waals surface area contributed by atoms with Crippen LogP contribution in [-0.2, 0) is 0 Å². The summed E-state index contributed by atoms with van der Waals surface area (Å²) in [5, 5.41) is 6.32. The van der Waals surface area contributed by atoms with Gasteiger partial charge in [-0.1, -0.05) is 48.0 Å². The molecule has 0 heterocycles. The molecule has 1 aliphatic rings. The molecule has 21 heavy (non-hydrogen) atoms.